The van der Waals surface area contributed by atoms with Crippen LogP contribution in [0, 0.1) is 12.8 Å². The van der Waals surface area contributed by atoms with Crippen LogP contribution in [-0.4, -0.2) is 59.8 Å². The van der Waals surface area contributed by atoms with Gasteiger partial charge in [0.1, 0.15) is 0 Å². The summed E-state index contributed by atoms with van der Waals surface area (Å²) in [5.74, 6) is 1.39. The number of hydrogen-bond acceptors (Lipinski definition) is 5. The Morgan fingerprint density at radius 2 is 2.00 bits per heavy atom. The number of piperidine rings is 1. The molecule has 132 valence electrons. The van der Waals surface area contributed by atoms with Crippen LogP contribution in [0.15, 0.2) is 24.3 Å². The Bertz CT molecular complexity index is 823. The summed E-state index contributed by atoms with van der Waals surface area (Å²) in [4.78, 5) is 16.5. The molecule has 25 heavy (non-hydrogen) atoms. The van der Waals surface area contributed by atoms with Crippen LogP contribution >= 0.6 is 0 Å². The first-order valence-electron chi connectivity index (χ1n) is 8.93. The van der Waals surface area contributed by atoms with Crippen molar-refractivity contribution in [3.8, 4) is 0 Å². The highest BCUT2D eigenvalue weighted by atomic mass is 16.1. The number of carbonyl (C=O) groups is 1. The Morgan fingerprint density at radius 1 is 1.24 bits per heavy atom. The molecule has 0 saturated carbocycles. The zero-order valence-corrected chi connectivity index (χ0v) is 15.1. The summed E-state index contributed by atoms with van der Waals surface area (Å²) in [7, 11) is 2.15. The van der Waals surface area contributed by atoms with Gasteiger partial charge < -0.3 is 15.1 Å². The molecule has 0 unspecified atom stereocenters. The van der Waals surface area contributed by atoms with Crippen LogP contribution < -0.4 is 10.2 Å². The van der Waals surface area contributed by atoms with Crippen LogP contribution in [-0.2, 0) is 4.79 Å². The van der Waals surface area contributed by atoms with Gasteiger partial charge in [-0.15, -0.1) is 5.10 Å². The fraction of sp³-hybridized carbons (Fsp3) is 0.526. The van der Waals surface area contributed by atoms with Crippen molar-refractivity contribution in [3.63, 3.8) is 0 Å². The molecule has 3 heterocycles. The number of nitrogens with one attached hydrogen (secondary N) is 1. The summed E-state index contributed by atoms with van der Waals surface area (Å²) >= 11 is 0. The lowest BCUT2D eigenvalue weighted by Crippen LogP contribution is -2.60. The van der Waals surface area contributed by atoms with Crippen molar-refractivity contribution in [1.29, 1.82) is 0 Å². The largest absolute Gasteiger partial charge is 0.352 e. The van der Waals surface area contributed by atoms with E-state index >= 15 is 0 Å². The number of nitrogens with zero attached hydrogens (tertiary/aromatic N) is 4. The Hall–Kier alpha value is -2.21. The maximum Gasteiger partial charge on any atom is 0.217 e. The third kappa shape index (κ3) is 2.74. The fourth-order valence-corrected chi connectivity index (χ4v) is 4.52. The predicted molar refractivity (Wildman–Crippen MR) is 98.6 cm³/mol. The number of aryl methyl sites for hydroxylation is 1. The SMILES string of the molecule is CC(=O)N[C@@]12CCN(C)C[C@@H]1CN(c1nnc(C)c3ccccc13)C2. The molecule has 0 spiro atoms. The molecule has 2 fully saturated rings. The molecule has 4 rings (SSSR count). The number of fused-ring (bicyclic) bond motifs is 2. The van der Waals surface area contributed by atoms with E-state index in [9.17, 15) is 4.79 Å². The molecule has 1 aromatic carbocycles. The summed E-state index contributed by atoms with van der Waals surface area (Å²) in [6.07, 6.45) is 0.974. The lowest BCUT2D eigenvalue weighted by atomic mass is 9.80. The Balaban J connectivity index is 1.73. The Kier molecular flexibility index (Phi) is 3.87. The van der Waals surface area contributed by atoms with Crippen LogP contribution in [0.1, 0.15) is 19.0 Å². The molecule has 2 saturated heterocycles. The van der Waals surface area contributed by atoms with Crippen molar-refractivity contribution in [3.05, 3.63) is 30.0 Å². The normalized spacial score (nSPS) is 26.7. The van der Waals surface area contributed by atoms with E-state index in [0.29, 0.717) is 5.92 Å². The minimum atomic E-state index is -0.161. The first kappa shape index (κ1) is 16.3. The minimum Gasteiger partial charge on any atom is -0.352 e. The van der Waals surface area contributed by atoms with Crippen molar-refractivity contribution in [2.45, 2.75) is 25.8 Å². The highest BCUT2D eigenvalue weighted by Crippen LogP contribution is 2.38. The van der Waals surface area contributed by atoms with Gasteiger partial charge in [0.15, 0.2) is 5.82 Å². The quantitative estimate of drug-likeness (QED) is 0.900. The number of aromatic nitrogens is 2. The Labute approximate surface area is 148 Å². The van der Waals surface area contributed by atoms with Crippen LogP contribution in [0.3, 0.4) is 0 Å². The zero-order chi connectivity index (χ0) is 17.6. The zero-order valence-electron chi connectivity index (χ0n) is 15.1. The van der Waals surface area contributed by atoms with Crippen molar-refractivity contribution in [2.75, 3.05) is 38.1 Å². The first-order chi connectivity index (χ1) is 12.0. The summed E-state index contributed by atoms with van der Waals surface area (Å²) < 4.78 is 0. The lowest BCUT2D eigenvalue weighted by Gasteiger charge is -2.42. The molecule has 6 heteroatoms. The van der Waals surface area contributed by atoms with Gasteiger partial charge in [-0.25, -0.2) is 0 Å². The van der Waals surface area contributed by atoms with E-state index in [1.54, 1.807) is 6.92 Å². The van der Waals surface area contributed by atoms with E-state index < -0.39 is 0 Å². The molecule has 1 N–H and O–H groups in total. The van der Waals surface area contributed by atoms with Gasteiger partial charge >= 0.3 is 0 Å². The van der Waals surface area contributed by atoms with Gasteiger partial charge in [-0.1, -0.05) is 24.3 Å². The molecule has 0 radical (unpaired) electrons. The van der Waals surface area contributed by atoms with Crippen molar-refractivity contribution >= 4 is 22.5 Å². The number of rotatable bonds is 2. The number of carbonyl (C=O) groups excluding carboxylic acids is 1. The minimum absolute atomic E-state index is 0.0521. The molecular weight excluding hydrogens is 314 g/mol. The average Bonchev–Trinajstić information content (AvgIpc) is 2.93. The van der Waals surface area contributed by atoms with Crippen LogP contribution in [0.2, 0.25) is 0 Å². The van der Waals surface area contributed by atoms with E-state index in [1.807, 2.05) is 19.1 Å². The summed E-state index contributed by atoms with van der Waals surface area (Å²) in [5.41, 5.74) is 0.790. The molecule has 1 aromatic heterocycles. The molecule has 1 amide bonds. The van der Waals surface area contributed by atoms with Gasteiger partial charge in [-0.2, -0.15) is 5.10 Å². The first-order valence-corrected chi connectivity index (χ1v) is 8.93. The van der Waals surface area contributed by atoms with Crippen molar-refractivity contribution in [1.82, 2.24) is 20.4 Å². The number of amides is 1. The molecule has 2 aliphatic heterocycles. The molecule has 2 aromatic rings. The predicted octanol–water partition coefficient (Wildman–Crippen LogP) is 1.58. The smallest absolute Gasteiger partial charge is 0.217 e. The third-order valence-electron chi connectivity index (χ3n) is 5.74. The van der Waals surface area contributed by atoms with E-state index in [4.69, 9.17) is 0 Å². The molecular formula is C19H25N5O. The maximum absolute atomic E-state index is 11.9. The van der Waals surface area contributed by atoms with E-state index in [0.717, 1.165) is 54.9 Å². The second kappa shape index (κ2) is 5.95. The van der Waals surface area contributed by atoms with Crippen LogP contribution in [0.5, 0.6) is 0 Å². The van der Waals surface area contributed by atoms with E-state index in [2.05, 4.69) is 44.5 Å². The molecule has 2 aliphatic rings. The molecule has 2 atom stereocenters. The topological polar surface area (TPSA) is 61.4 Å². The monoisotopic (exact) mass is 339 g/mol. The van der Waals surface area contributed by atoms with E-state index in [1.165, 1.54) is 0 Å². The summed E-state index contributed by atoms with van der Waals surface area (Å²) in [5, 5.41) is 14.5. The average molecular weight is 339 g/mol. The van der Waals surface area contributed by atoms with Crippen LogP contribution in [0.4, 0.5) is 5.82 Å². The van der Waals surface area contributed by atoms with Crippen molar-refractivity contribution < 1.29 is 4.79 Å². The highest BCUT2D eigenvalue weighted by molar-refractivity contribution is 5.93. The number of anilines is 1. The second-order valence-corrected chi connectivity index (χ2v) is 7.58. The molecule has 0 aliphatic carbocycles. The van der Waals surface area contributed by atoms with Gasteiger partial charge in [0.25, 0.3) is 0 Å². The standard InChI is InChI=1S/C19H25N5O/c1-13-16-6-4-5-7-17(16)18(22-21-13)24-11-15-10-23(3)9-8-19(15,12-24)20-14(2)25/h4-7,15H,8-12H2,1-3H3,(H,20,25)/t15-,19-/m1/s1. The van der Waals surface area contributed by atoms with Gasteiger partial charge in [-0.3, -0.25) is 4.79 Å². The van der Waals surface area contributed by atoms with Gasteiger partial charge in [0.05, 0.1) is 11.2 Å². The summed E-state index contributed by atoms with van der Waals surface area (Å²) in [6, 6.07) is 8.31. The third-order valence-corrected chi connectivity index (χ3v) is 5.74. The highest BCUT2D eigenvalue weighted by Gasteiger charge is 2.50. The Morgan fingerprint density at radius 3 is 2.76 bits per heavy atom. The molecule has 0 bridgehead atoms. The summed E-state index contributed by atoms with van der Waals surface area (Å²) in [6.45, 7) is 7.31. The van der Waals surface area contributed by atoms with Gasteiger partial charge in [0, 0.05) is 49.8 Å². The number of benzene rings is 1. The van der Waals surface area contributed by atoms with E-state index in [-0.39, 0.29) is 11.4 Å². The number of hydrogen-bond donors (Lipinski definition) is 1. The van der Waals surface area contributed by atoms with Gasteiger partial charge in [-0.05, 0) is 20.4 Å². The van der Waals surface area contributed by atoms with Crippen LogP contribution in [0.25, 0.3) is 10.8 Å². The fourth-order valence-electron chi connectivity index (χ4n) is 4.52. The van der Waals surface area contributed by atoms with Crippen molar-refractivity contribution in [2.24, 2.45) is 5.92 Å². The maximum atomic E-state index is 11.9. The number of likely N-dealkylation sites (tertiary alicyclic amines) is 1. The van der Waals surface area contributed by atoms with Gasteiger partial charge in [0.2, 0.25) is 5.91 Å². The molecule has 6 nitrogen and oxygen atoms in total. The lowest BCUT2D eigenvalue weighted by molar-refractivity contribution is -0.121. The second-order valence-electron chi connectivity index (χ2n) is 7.58.